The number of primary amides is 1. The molecule has 0 spiro atoms. The largest absolute Gasteiger partial charge is 0.497 e. The van der Waals surface area contributed by atoms with Crippen molar-refractivity contribution in [2.24, 2.45) is 5.73 Å². The first-order valence-electron chi connectivity index (χ1n) is 9.60. The average Bonchev–Trinajstić information content (AvgIpc) is 3.06. The van der Waals surface area contributed by atoms with Gasteiger partial charge >= 0.3 is 0 Å². The summed E-state index contributed by atoms with van der Waals surface area (Å²) in [6, 6.07) is 11.6. The van der Waals surface area contributed by atoms with E-state index in [-0.39, 0.29) is 0 Å². The Morgan fingerprint density at radius 1 is 1.22 bits per heavy atom. The molecule has 140 valence electrons. The van der Waals surface area contributed by atoms with E-state index in [4.69, 9.17) is 10.5 Å². The van der Waals surface area contributed by atoms with Crippen LogP contribution < -0.4 is 10.5 Å². The first kappa shape index (κ1) is 17.6. The molecule has 3 aromatic rings. The van der Waals surface area contributed by atoms with Crippen LogP contribution in [0.5, 0.6) is 5.75 Å². The fourth-order valence-electron chi connectivity index (χ4n) is 4.21. The van der Waals surface area contributed by atoms with Crippen molar-refractivity contribution in [2.45, 2.75) is 44.4 Å². The van der Waals surface area contributed by atoms with E-state index in [1.807, 2.05) is 18.2 Å². The predicted octanol–water partition coefficient (Wildman–Crippen LogP) is 4.31. The minimum atomic E-state index is -0.493. The molecule has 2 heterocycles. The molecule has 5 heteroatoms. The van der Waals surface area contributed by atoms with Gasteiger partial charge in [0.2, 0.25) is 0 Å². The number of methoxy groups -OCH3 is 1. The fourth-order valence-corrected chi connectivity index (χ4v) is 4.21. The van der Waals surface area contributed by atoms with Crippen LogP contribution in [0.4, 0.5) is 0 Å². The van der Waals surface area contributed by atoms with Crippen molar-refractivity contribution in [3.8, 4) is 5.75 Å². The summed E-state index contributed by atoms with van der Waals surface area (Å²) < 4.78 is 5.39. The standard InChI is InChI=1S/C22H25N3O2/c1-27-16-10-11-17-18(12-15-8-5-9-19(24-15)22(23)26)21(25-20(17)13-16)14-6-3-2-4-7-14/h5,8-11,13-14,25H,2-4,6-7,12H2,1H3,(H2,23,26). The molecular weight excluding hydrogens is 338 g/mol. The summed E-state index contributed by atoms with van der Waals surface area (Å²) in [6.07, 6.45) is 6.98. The first-order chi connectivity index (χ1) is 13.2. The van der Waals surface area contributed by atoms with Crippen molar-refractivity contribution in [1.82, 2.24) is 9.97 Å². The zero-order chi connectivity index (χ0) is 18.8. The molecule has 0 unspecified atom stereocenters. The van der Waals surface area contributed by atoms with E-state index >= 15 is 0 Å². The molecule has 1 aliphatic carbocycles. The summed E-state index contributed by atoms with van der Waals surface area (Å²) >= 11 is 0. The van der Waals surface area contributed by atoms with Crippen LogP contribution >= 0.6 is 0 Å². The van der Waals surface area contributed by atoms with Crippen molar-refractivity contribution in [3.05, 3.63) is 59.0 Å². The lowest BCUT2D eigenvalue weighted by molar-refractivity contribution is 0.0995. The van der Waals surface area contributed by atoms with Gasteiger partial charge in [0.15, 0.2) is 0 Å². The number of carbonyl (C=O) groups excluding carboxylic acids is 1. The molecule has 1 saturated carbocycles. The maximum absolute atomic E-state index is 11.5. The summed E-state index contributed by atoms with van der Waals surface area (Å²) in [4.78, 5) is 19.6. The van der Waals surface area contributed by atoms with Gasteiger partial charge in [-0.15, -0.1) is 0 Å². The zero-order valence-corrected chi connectivity index (χ0v) is 15.6. The van der Waals surface area contributed by atoms with E-state index in [9.17, 15) is 4.79 Å². The fraction of sp³-hybridized carbons (Fsp3) is 0.364. The Morgan fingerprint density at radius 3 is 2.78 bits per heavy atom. The van der Waals surface area contributed by atoms with Gasteiger partial charge in [0.1, 0.15) is 11.4 Å². The number of benzene rings is 1. The Bertz CT molecular complexity index is 971. The molecule has 1 aliphatic rings. The number of hydrogen-bond acceptors (Lipinski definition) is 3. The maximum Gasteiger partial charge on any atom is 0.267 e. The number of nitrogens with two attached hydrogens (primary N) is 1. The summed E-state index contributed by atoms with van der Waals surface area (Å²) in [7, 11) is 1.69. The van der Waals surface area contributed by atoms with Crippen molar-refractivity contribution in [2.75, 3.05) is 7.11 Å². The minimum Gasteiger partial charge on any atom is -0.497 e. The van der Waals surface area contributed by atoms with Gasteiger partial charge < -0.3 is 15.5 Å². The molecule has 0 aliphatic heterocycles. The van der Waals surface area contributed by atoms with Gasteiger partial charge in [-0.2, -0.15) is 0 Å². The number of aromatic amines is 1. The number of H-pyrrole nitrogens is 1. The van der Waals surface area contributed by atoms with E-state index in [1.54, 1.807) is 13.2 Å². The van der Waals surface area contributed by atoms with Gasteiger partial charge in [0.05, 0.1) is 7.11 Å². The number of carbonyl (C=O) groups is 1. The quantitative estimate of drug-likeness (QED) is 0.709. The zero-order valence-electron chi connectivity index (χ0n) is 15.6. The third-order valence-electron chi connectivity index (χ3n) is 5.58. The molecule has 2 aromatic heterocycles. The summed E-state index contributed by atoms with van der Waals surface area (Å²) in [6.45, 7) is 0. The lowest BCUT2D eigenvalue weighted by Gasteiger charge is -2.22. The van der Waals surface area contributed by atoms with Gasteiger partial charge in [-0.25, -0.2) is 4.98 Å². The average molecular weight is 363 g/mol. The van der Waals surface area contributed by atoms with Crippen molar-refractivity contribution >= 4 is 16.8 Å². The number of nitrogens with zero attached hydrogens (tertiary/aromatic N) is 1. The van der Waals surface area contributed by atoms with Crippen LogP contribution in [0, 0.1) is 0 Å². The second kappa shape index (κ2) is 7.43. The Balaban J connectivity index is 1.79. The normalized spacial score (nSPS) is 15.1. The van der Waals surface area contributed by atoms with E-state index in [0.29, 0.717) is 18.0 Å². The highest BCUT2D eigenvalue weighted by molar-refractivity contribution is 5.90. The molecule has 0 saturated heterocycles. The highest BCUT2D eigenvalue weighted by Crippen LogP contribution is 2.38. The number of rotatable bonds is 5. The molecule has 27 heavy (non-hydrogen) atoms. The van der Waals surface area contributed by atoms with Gasteiger partial charge in [-0.1, -0.05) is 25.3 Å². The Labute approximate surface area is 158 Å². The second-order valence-corrected chi connectivity index (χ2v) is 7.32. The summed E-state index contributed by atoms with van der Waals surface area (Å²) in [5, 5.41) is 1.20. The number of hydrogen-bond donors (Lipinski definition) is 2. The van der Waals surface area contributed by atoms with Crippen LogP contribution in [0.3, 0.4) is 0 Å². The number of fused-ring (bicyclic) bond motifs is 1. The second-order valence-electron chi connectivity index (χ2n) is 7.32. The molecule has 0 atom stereocenters. The van der Waals surface area contributed by atoms with Gasteiger partial charge in [0, 0.05) is 34.8 Å². The Kier molecular flexibility index (Phi) is 4.84. The molecule has 4 rings (SSSR count). The van der Waals surface area contributed by atoms with Crippen molar-refractivity contribution in [1.29, 1.82) is 0 Å². The van der Waals surface area contributed by atoms with Crippen LogP contribution in [0.25, 0.3) is 10.9 Å². The molecule has 0 radical (unpaired) electrons. The highest BCUT2D eigenvalue weighted by atomic mass is 16.5. The smallest absolute Gasteiger partial charge is 0.267 e. The third kappa shape index (κ3) is 3.54. The van der Waals surface area contributed by atoms with Crippen LogP contribution in [-0.2, 0) is 6.42 Å². The van der Waals surface area contributed by atoms with Crippen LogP contribution in [0.2, 0.25) is 0 Å². The number of pyridine rings is 1. The first-order valence-corrected chi connectivity index (χ1v) is 9.60. The minimum absolute atomic E-state index is 0.313. The van der Waals surface area contributed by atoms with Crippen molar-refractivity contribution < 1.29 is 9.53 Å². The lowest BCUT2D eigenvalue weighted by atomic mass is 9.84. The van der Waals surface area contributed by atoms with E-state index < -0.39 is 5.91 Å². The molecule has 0 bridgehead atoms. The van der Waals surface area contributed by atoms with Crippen LogP contribution in [0.1, 0.15) is 65.5 Å². The molecule has 1 amide bonds. The molecule has 1 fully saturated rings. The van der Waals surface area contributed by atoms with Crippen LogP contribution in [-0.4, -0.2) is 23.0 Å². The van der Waals surface area contributed by atoms with Crippen LogP contribution in [0.15, 0.2) is 36.4 Å². The Hall–Kier alpha value is -2.82. The number of nitrogens with one attached hydrogen (secondary N) is 1. The lowest BCUT2D eigenvalue weighted by Crippen LogP contribution is -2.14. The number of aromatic nitrogens is 2. The monoisotopic (exact) mass is 363 g/mol. The van der Waals surface area contributed by atoms with E-state index in [1.165, 1.54) is 48.7 Å². The summed E-state index contributed by atoms with van der Waals surface area (Å²) in [5.41, 5.74) is 10.3. The number of amides is 1. The predicted molar refractivity (Wildman–Crippen MR) is 106 cm³/mol. The summed E-state index contributed by atoms with van der Waals surface area (Å²) in [5.74, 6) is 0.902. The highest BCUT2D eigenvalue weighted by Gasteiger charge is 2.23. The SMILES string of the molecule is COc1ccc2c(Cc3cccc(C(N)=O)n3)c(C3CCCCC3)[nH]c2c1. The Morgan fingerprint density at radius 2 is 2.04 bits per heavy atom. The molecule has 3 N–H and O–H groups in total. The topological polar surface area (TPSA) is 81.0 Å². The van der Waals surface area contributed by atoms with Crippen molar-refractivity contribution in [3.63, 3.8) is 0 Å². The molecule has 5 nitrogen and oxygen atoms in total. The molecular formula is C22H25N3O2. The van der Waals surface area contributed by atoms with E-state index in [2.05, 4.69) is 22.1 Å². The van der Waals surface area contributed by atoms with Gasteiger partial charge in [-0.05, 0) is 48.6 Å². The maximum atomic E-state index is 11.5. The van der Waals surface area contributed by atoms with E-state index in [0.717, 1.165) is 17.0 Å². The number of ether oxygens (including phenoxy) is 1. The molecule has 1 aromatic carbocycles. The third-order valence-corrected chi connectivity index (χ3v) is 5.58. The van der Waals surface area contributed by atoms with Gasteiger partial charge in [0.25, 0.3) is 5.91 Å². The van der Waals surface area contributed by atoms with Gasteiger partial charge in [-0.3, -0.25) is 4.79 Å².